The van der Waals surface area contributed by atoms with Crippen molar-refractivity contribution in [1.29, 1.82) is 0 Å². The Morgan fingerprint density at radius 1 is 1.13 bits per heavy atom. The average Bonchev–Trinajstić information content (AvgIpc) is 2.18. The van der Waals surface area contributed by atoms with Gasteiger partial charge in [0.15, 0.2) is 5.78 Å². The van der Waals surface area contributed by atoms with Crippen molar-refractivity contribution in [2.24, 2.45) is 0 Å². The summed E-state index contributed by atoms with van der Waals surface area (Å²) in [5.74, 6) is 6.43. The molecule has 0 fully saturated rings. The molecule has 0 spiro atoms. The lowest BCUT2D eigenvalue weighted by Gasteiger charge is -2.10. The quantitative estimate of drug-likeness (QED) is 0.501. The molecule has 76 valence electrons. The van der Waals surface area contributed by atoms with Gasteiger partial charge in [-0.25, -0.2) is 0 Å². The molecule has 0 amide bonds. The molecule has 0 N–H and O–H groups in total. The standard InChI is InChI=1S/C14H14O/c1-11(15)13-9-8-12-6-4-2-3-5-7-14(12)10-13/h8-10H,4-7H2,1H3. The lowest BCUT2D eigenvalue weighted by atomic mass is 9.94. The third-order valence-corrected chi connectivity index (χ3v) is 2.78. The number of rotatable bonds is 1. The zero-order valence-corrected chi connectivity index (χ0v) is 8.97. The molecule has 0 saturated heterocycles. The smallest absolute Gasteiger partial charge is 0.159 e. The van der Waals surface area contributed by atoms with Gasteiger partial charge in [-0.3, -0.25) is 4.79 Å². The fraction of sp³-hybridized carbons (Fsp3) is 0.357. The summed E-state index contributed by atoms with van der Waals surface area (Å²) in [6, 6.07) is 6.04. The highest BCUT2D eigenvalue weighted by atomic mass is 16.1. The molecule has 1 aliphatic rings. The molecule has 0 heterocycles. The van der Waals surface area contributed by atoms with Crippen LogP contribution in [0.25, 0.3) is 0 Å². The SMILES string of the molecule is CC(=O)c1ccc2c(c1)CCC#CCC2. The van der Waals surface area contributed by atoms with E-state index in [1.807, 2.05) is 12.1 Å². The minimum atomic E-state index is 0.144. The van der Waals surface area contributed by atoms with E-state index in [2.05, 4.69) is 17.9 Å². The van der Waals surface area contributed by atoms with E-state index >= 15 is 0 Å². The molecule has 0 aliphatic heterocycles. The maximum Gasteiger partial charge on any atom is 0.159 e. The Balaban J connectivity index is 2.36. The Bertz CT molecular complexity index is 446. The largest absolute Gasteiger partial charge is 0.295 e. The fourth-order valence-corrected chi connectivity index (χ4v) is 1.89. The van der Waals surface area contributed by atoms with Gasteiger partial charge in [-0.15, -0.1) is 11.8 Å². The van der Waals surface area contributed by atoms with Crippen molar-refractivity contribution in [2.75, 3.05) is 0 Å². The maximum atomic E-state index is 11.3. The summed E-state index contributed by atoms with van der Waals surface area (Å²) in [5, 5.41) is 0. The third kappa shape index (κ3) is 2.27. The Morgan fingerprint density at radius 2 is 1.80 bits per heavy atom. The molecule has 0 atom stereocenters. The van der Waals surface area contributed by atoms with Gasteiger partial charge >= 0.3 is 0 Å². The van der Waals surface area contributed by atoms with Crippen LogP contribution in [0.4, 0.5) is 0 Å². The van der Waals surface area contributed by atoms with Crippen molar-refractivity contribution in [2.45, 2.75) is 32.6 Å². The average molecular weight is 198 g/mol. The van der Waals surface area contributed by atoms with E-state index < -0.39 is 0 Å². The topological polar surface area (TPSA) is 17.1 Å². The number of Topliss-reactive ketones (excluding diaryl/α,β-unsaturated/α-hetero) is 1. The monoisotopic (exact) mass is 198 g/mol. The summed E-state index contributed by atoms with van der Waals surface area (Å²) >= 11 is 0. The van der Waals surface area contributed by atoms with E-state index in [1.54, 1.807) is 6.92 Å². The van der Waals surface area contributed by atoms with Crippen LogP contribution in [0, 0.1) is 11.8 Å². The van der Waals surface area contributed by atoms with Gasteiger partial charge in [0.25, 0.3) is 0 Å². The number of carbonyl (C=O) groups excluding carboxylic acids is 1. The van der Waals surface area contributed by atoms with Crippen LogP contribution in [0.15, 0.2) is 18.2 Å². The highest BCUT2D eigenvalue weighted by molar-refractivity contribution is 5.94. The fourth-order valence-electron chi connectivity index (χ4n) is 1.89. The van der Waals surface area contributed by atoms with E-state index in [0.717, 1.165) is 31.2 Å². The molecule has 1 aliphatic carbocycles. The van der Waals surface area contributed by atoms with E-state index in [1.165, 1.54) is 11.1 Å². The van der Waals surface area contributed by atoms with Crippen LogP contribution in [-0.2, 0) is 12.8 Å². The van der Waals surface area contributed by atoms with E-state index in [0.29, 0.717) is 0 Å². The molecule has 1 nitrogen and oxygen atoms in total. The Morgan fingerprint density at radius 3 is 2.47 bits per heavy atom. The number of ketones is 1. The van der Waals surface area contributed by atoms with Crippen LogP contribution in [0.5, 0.6) is 0 Å². The van der Waals surface area contributed by atoms with Crippen LogP contribution in [0.1, 0.15) is 41.3 Å². The van der Waals surface area contributed by atoms with E-state index in [9.17, 15) is 4.79 Å². The first-order valence-electron chi connectivity index (χ1n) is 5.36. The Labute approximate surface area is 90.5 Å². The molecule has 15 heavy (non-hydrogen) atoms. The minimum Gasteiger partial charge on any atom is -0.295 e. The van der Waals surface area contributed by atoms with Gasteiger partial charge in [-0.2, -0.15) is 0 Å². The lowest BCUT2D eigenvalue weighted by molar-refractivity contribution is 0.101. The van der Waals surface area contributed by atoms with Crippen molar-refractivity contribution < 1.29 is 4.79 Å². The molecular weight excluding hydrogens is 184 g/mol. The normalized spacial score (nSPS) is 14.2. The number of carbonyl (C=O) groups is 1. The van der Waals surface area contributed by atoms with Gasteiger partial charge < -0.3 is 0 Å². The molecule has 0 aromatic heterocycles. The van der Waals surface area contributed by atoms with E-state index in [4.69, 9.17) is 0 Å². The van der Waals surface area contributed by atoms with Crippen LogP contribution in [0.3, 0.4) is 0 Å². The van der Waals surface area contributed by atoms with Gasteiger partial charge in [0.1, 0.15) is 0 Å². The number of benzene rings is 1. The number of hydrogen-bond acceptors (Lipinski definition) is 1. The highest BCUT2D eigenvalue weighted by Gasteiger charge is 2.07. The van der Waals surface area contributed by atoms with Gasteiger partial charge in [0.2, 0.25) is 0 Å². The maximum absolute atomic E-state index is 11.3. The lowest BCUT2D eigenvalue weighted by Crippen LogP contribution is -2.00. The molecule has 2 rings (SSSR count). The molecule has 1 heteroatoms. The molecule has 0 unspecified atom stereocenters. The molecule has 1 aromatic rings. The molecule has 0 bridgehead atoms. The van der Waals surface area contributed by atoms with Gasteiger partial charge in [-0.05, 0) is 37.0 Å². The summed E-state index contributed by atoms with van der Waals surface area (Å²) < 4.78 is 0. The van der Waals surface area contributed by atoms with Crippen LogP contribution in [-0.4, -0.2) is 5.78 Å². The second-order valence-electron chi connectivity index (χ2n) is 3.89. The van der Waals surface area contributed by atoms with Gasteiger partial charge in [0.05, 0.1) is 0 Å². The summed E-state index contributed by atoms with van der Waals surface area (Å²) in [6.07, 6.45) is 3.84. The number of hydrogen-bond donors (Lipinski definition) is 0. The predicted molar refractivity (Wildman–Crippen MR) is 60.9 cm³/mol. The molecule has 1 aromatic carbocycles. The second kappa shape index (κ2) is 4.31. The predicted octanol–water partition coefficient (Wildman–Crippen LogP) is 2.77. The summed E-state index contributed by atoms with van der Waals surface area (Å²) in [4.78, 5) is 11.3. The van der Waals surface area contributed by atoms with Crippen molar-refractivity contribution in [3.63, 3.8) is 0 Å². The van der Waals surface area contributed by atoms with Crippen LogP contribution < -0.4 is 0 Å². The number of fused-ring (bicyclic) bond motifs is 1. The molecule has 0 saturated carbocycles. The van der Waals surface area contributed by atoms with Crippen molar-refractivity contribution in [3.05, 3.63) is 34.9 Å². The van der Waals surface area contributed by atoms with Gasteiger partial charge in [0, 0.05) is 18.4 Å². The Hall–Kier alpha value is -1.55. The molecular formula is C14H14O. The summed E-state index contributed by atoms with van der Waals surface area (Å²) in [5.41, 5.74) is 3.48. The zero-order chi connectivity index (χ0) is 10.7. The van der Waals surface area contributed by atoms with Crippen molar-refractivity contribution >= 4 is 5.78 Å². The zero-order valence-electron chi connectivity index (χ0n) is 8.97. The minimum absolute atomic E-state index is 0.144. The van der Waals surface area contributed by atoms with Crippen molar-refractivity contribution in [3.8, 4) is 11.8 Å². The Kier molecular flexibility index (Phi) is 2.87. The van der Waals surface area contributed by atoms with E-state index in [-0.39, 0.29) is 5.78 Å². The van der Waals surface area contributed by atoms with Crippen LogP contribution in [0.2, 0.25) is 0 Å². The number of aryl methyl sites for hydroxylation is 2. The summed E-state index contributed by atoms with van der Waals surface area (Å²) in [6.45, 7) is 1.62. The first-order valence-corrected chi connectivity index (χ1v) is 5.36. The van der Waals surface area contributed by atoms with Crippen molar-refractivity contribution in [1.82, 2.24) is 0 Å². The molecule has 0 radical (unpaired) electrons. The highest BCUT2D eigenvalue weighted by Crippen LogP contribution is 2.17. The van der Waals surface area contributed by atoms with Crippen LogP contribution >= 0.6 is 0 Å². The first-order chi connectivity index (χ1) is 7.27. The summed E-state index contributed by atoms with van der Waals surface area (Å²) in [7, 11) is 0. The third-order valence-electron chi connectivity index (χ3n) is 2.78. The second-order valence-corrected chi connectivity index (χ2v) is 3.89. The van der Waals surface area contributed by atoms with Gasteiger partial charge in [-0.1, -0.05) is 12.1 Å². The first kappa shape index (κ1) is 9.98.